The van der Waals surface area contributed by atoms with Crippen LogP contribution < -0.4 is 10.6 Å². The average Bonchev–Trinajstić information content (AvgIpc) is 3.17. The summed E-state index contributed by atoms with van der Waals surface area (Å²) in [4.78, 5) is 24.1. The Morgan fingerprint density at radius 2 is 1.76 bits per heavy atom. The van der Waals surface area contributed by atoms with Crippen molar-refractivity contribution in [1.29, 1.82) is 0 Å². The summed E-state index contributed by atoms with van der Waals surface area (Å²) in [5.41, 5.74) is 2.11. The molecule has 0 atom stereocenters. The molecule has 3 aromatic rings. The number of nitrogens with zero attached hydrogens (tertiary/aromatic N) is 2. The Morgan fingerprint density at radius 3 is 2.40 bits per heavy atom. The molecule has 0 fully saturated rings. The fourth-order valence-corrected chi connectivity index (χ4v) is 2.45. The van der Waals surface area contributed by atoms with Gasteiger partial charge in [-0.05, 0) is 48.5 Å². The van der Waals surface area contributed by atoms with E-state index in [1.54, 1.807) is 47.3 Å². The monoisotopic (exact) mass is 354 g/mol. The highest BCUT2D eigenvalue weighted by Gasteiger charge is 2.12. The van der Waals surface area contributed by atoms with Gasteiger partial charge in [-0.3, -0.25) is 9.59 Å². The Hall–Kier alpha value is -3.12. The largest absolute Gasteiger partial charge is 0.355 e. The summed E-state index contributed by atoms with van der Waals surface area (Å²) in [5, 5.41) is 9.75. The first-order valence-corrected chi connectivity index (χ1v) is 7.89. The van der Waals surface area contributed by atoms with Gasteiger partial charge >= 0.3 is 0 Å². The lowest BCUT2D eigenvalue weighted by Gasteiger charge is -2.10. The van der Waals surface area contributed by atoms with Crippen molar-refractivity contribution in [3.63, 3.8) is 0 Å². The lowest BCUT2D eigenvalue weighted by molar-refractivity contribution is 0.0961. The molecule has 2 amide bonds. The molecular formula is C18H15ClN4O2. The van der Waals surface area contributed by atoms with Gasteiger partial charge in [0.2, 0.25) is 0 Å². The number of aromatic nitrogens is 2. The number of benzene rings is 2. The number of halogens is 1. The first kappa shape index (κ1) is 16.7. The number of rotatable bonds is 4. The Balaban J connectivity index is 1.79. The van der Waals surface area contributed by atoms with Crippen molar-refractivity contribution in [2.75, 3.05) is 12.4 Å². The third-order valence-corrected chi connectivity index (χ3v) is 3.93. The molecule has 0 saturated heterocycles. The van der Waals surface area contributed by atoms with Gasteiger partial charge in [-0.25, -0.2) is 4.68 Å². The summed E-state index contributed by atoms with van der Waals surface area (Å²) < 4.78 is 1.70. The zero-order valence-corrected chi connectivity index (χ0v) is 14.1. The molecule has 1 heterocycles. The number of hydrogen-bond acceptors (Lipinski definition) is 3. The van der Waals surface area contributed by atoms with Gasteiger partial charge in [0, 0.05) is 30.6 Å². The van der Waals surface area contributed by atoms with Crippen LogP contribution in [0.2, 0.25) is 5.02 Å². The number of hydrogen-bond donors (Lipinski definition) is 2. The lowest BCUT2D eigenvalue weighted by Crippen LogP contribution is -2.18. The van der Waals surface area contributed by atoms with Gasteiger partial charge in [0.15, 0.2) is 0 Å². The molecule has 6 nitrogen and oxygen atoms in total. The fraction of sp³-hybridized carbons (Fsp3) is 0.0556. The minimum absolute atomic E-state index is 0.254. The standard InChI is InChI=1S/C18H15ClN4O2/c1-20-17(24)13-5-8-15(19)16(11-13)22-18(25)12-3-6-14(7-4-12)23-10-2-9-21-23/h2-11H,1H3,(H,20,24)(H,22,25). The minimum atomic E-state index is -0.317. The van der Waals surface area contributed by atoms with Crippen LogP contribution in [0.4, 0.5) is 5.69 Å². The van der Waals surface area contributed by atoms with Crippen molar-refractivity contribution in [2.24, 2.45) is 0 Å². The molecular weight excluding hydrogens is 340 g/mol. The maximum atomic E-state index is 12.4. The molecule has 0 bridgehead atoms. The second kappa shape index (κ2) is 7.19. The summed E-state index contributed by atoms with van der Waals surface area (Å²) in [5.74, 6) is -0.571. The number of carbonyl (C=O) groups is 2. The molecule has 7 heteroatoms. The van der Waals surface area contributed by atoms with Crippen molar-refractivity contribution in [3.8, 4) is 5.69 Å². The normalized spacial score (nSPS) is 10.3. The van der Waals surface area contributed by atoms with Gasteiger partial charge in [-0.1, -0.05) is 11.6 Å². The topological polar surface area (TPSA) is 76.0 Å². The average molecular weight is 355 g/mol. The number of anilines is 1. The van der Waals surface area contributed by atoms with Crippen molar-refractivity contribution >= 4 is 29.1 Å². The molecule has 126 valence electrons. The number of nitrogens with one attached hydrogen (secondary N) is 2. The molecule has 2 N–H and O–H groups in total. The van der Waals surface area contributed by atoms with Crippen molar-refractivity contribution in [1.82, 2.24) is 15.1 Å². The SMILES string of the molecule is CNC(=O)c1ccc(Cl)c(NC(=O)c2ccc(-n3cccn3)cc2)c1. The predicted molar refractivity (Wildman–Crippen MR) is 96.4 cm³/mol. The quantitative estimate of drug-likeness (QED) is 0.755. The molecule has 0 saturated carbocycles. The Kier molecular flexibility index (Phi) is 4.81. The van der Waals surface area contributed by atoms with Crippen molar-refractivity contribution in [2.45, 2.75) is 0 Å². The maximum Gasteiger partial charge on any atom is 0.255 e. The zero-order valence-electron chi connectivity index (χ0n) is 13.4. The van der Waals surface area contributed by atoms with E-state index in [0.29, 0.717) is 21.8 Å². The van der Waals surface area contributed by atoms with E-state index in [-0.39, 0.29) is 11.8 Å². The number of carbonyl (C=O) groups excluding carboxylic acids is 2. The van der Waals surface area contributed by atoms with Gasteiger partial charge in [0.05, 0.1) is 16.4 Å². The third-order valence-electron chi connectivity index (χ3n) is 3.60. The van der Waals surface area contributed by atoms with E-state index in [1.165, 1.54) is 13.1 Å². The molecule has 0 spiro atoms. The molecule has 0 aliphatic carbocycles. The van der Waals surface area contributed by atoms with Gasteiger partial charge < -0.3 is 10.6 Å². The Bertz CT molecular complexity index is 905. The molecule has 25 heavy (non-hydrogen) atoms. The van der Waals surface area contributed by atoms with Gasteiger partial charge in [0.25, 0.3) is 11.8 Å². The molecule has 0 unspecified atom stereocenters. The summed E-state index contributed by atoms with van der Waals surface area (Å²) >= 11 is 6.11. The van der Waals surface area contributed by atoms with Crippen molar-refractivity contribution < 1.29 is 9.59 Å². The summed E-state index contributed by atoms with van der Waals surface area (Å²) in [7, 11) is 1.54. The zero-order chi connectivity index (χ0) is 17.8. The highest BCUT2D eigenvalue weighted by molar-refractivity contribution is 6.34. The second-order valence-corrected chi connectivity index (χ2v) is 5.63. The smallest absolute Gasteiger partial charge is 0.255 e. The Labute approximate surface area is 149 Å². The van der Waals surface area contributed by atoms with E-state index in [4.69, 9.17) is 11.6 Å². The van der Waals surface area contributed by atoms with Gasteiger partial charge in [0.1, 0.15) is 0 Å². The van der Waals surface area contributed by atoms with E-state index in [2.05, 4.69) is 15.7 Å². The summed E-state index contributed by atoms with van der Waals surface area (Å²) in [6, 6.07) is 13.5. The molecule has 0 radical (unpaired) electrons. The highest BCUT2D eigenvalue weighted by Crippen LogP contribution is 2.24. The molecule has 0 aliphatic rings. The number of amides is 2. The Morgan fingerprint density at radius 1 is 1.04 bits per heavy atom. The van der Waals surface area contributed by atoms with Gasteiger partial charge in [-0.2, -0.15) is 5.10 Å². The van der Waals surface area contributed by atoms with Crippen LogP contribution >= 0.6 is 11.6 Å². The summed E-state index contributed by atoms with van der Waals surface area (Å²) in [6.07, 6.45) is 3.50. The molecule has 0 aliphatic heterocycles. The van der Waals surface area contributed by atoms with Gasteiger partial charge in [-0.15, -0.1) is 0 Å². The van der Waals surface area contributed by atoms with E-state index >= 15 is 0 Å². The second-order valence-electron chi connectivity index (χ2n) is 5.23. The third kappa shape index (κ3) is 3.70. The molecule has 3 rings (SSSR count). The van der Waals surface area contributed by atoms with E-state index < -0.39 is 0 Å². The lowest BCUT2D eigenvalue weighted by atomic mass is 10.1. The van der Waals surface area contributed by atoms with E-state index in [0.717, 1.165) is 5.69 Å². The molecule has 2 aromatic carbocycles. The first-order chi connectivity index (χ1) is 12.1. The van der Waals surface area contributed by atoms with Crippen LogP contribution in [-0.4, -0.2) is 28.6 Å². The van der Waals surface area contributed by atoms with E-state index in [1.807, 2.05) is 12.3 Å². The highest BCUT2D eigenvalue weighted by atomic mass is 35.5. The van der Waals surface area contributed by atoms with E-state index in [9.17, 15) is 9.59 Å². The first-order valence-electron chi connectivity index (χ1n) is 7.51. The van der Waals surface area contributed by atoms with Crippen LogP contribution in [0.3, 0.4) is 0 Å². The van der Waals surface area contributed by atoms with Crippen LogP contribution in [0.5, 0.6) is 0 Å². The fourth-order valence-electron chi connectivity index (χ4n) is 2.29. The van der Waals surface area contributed by atoms with Crippen LogP contribution in [0.25, 0.3) is 5.69 Å². The van der Waals surface area contributed by atoms with Crippen LogP contribution in [0.15, 0.2) is 60.9 Å². The molecule has 1 aromatic heterocycles. The maximum absolute atomic E-state index is 12.4. The van der Waals surface area contributed by atoms with Crippen molar-refractivity contribution in [3.05, 3.63) is 77.1 Å². The van der Waals surface area contributed by atoms with Crippen LogP contribution in [0, 0.1) is 0 Å². The predicted octanol–water partition coefficient (Wildman–Crippen LogP) is 3.14. The minimum Gasteiger partial charge on any atom is -0.355 e. The van der Waals surface area contributed by atoms with Crippen LogP contribution in [-0.2, 0) is 0 Å². The summed E-state index contributed by atoms with van der Waals surface area (Å²) in [6.45, 7) is 0. The van der Waals surface area contributed by atoms with Crippen LogP contribution in [0.1, 0.15) is 20.7 Å².